The van der Waals surface area contributed by atoms with Crippen LogP contribution in [0.3, 0.4) is 0 Å². The maximum Gasteiger partial charge on any atom is -0.00489 e. The molecule has 0 fully saturated rings. The lowest BCUT2D eigenvalue weighted by atomic mass is 10.1. The van der Waals surface area contributed by atoms with Crippen LogP contribution in [0.1, 0.15) is 169 Å². The molecule has 0 heterocycles. The molecule has 0 atom stereocenters. The first-order chi connectivity index (χ1) is 15.8. The molecule has 32 heavy (non-hydrogen) atoms. The van der Waals surface area contributed by atoms with Crippen LogP contribution in [0.2, 0.25) is 0 Å². The predicted molar refractivity (Wildman–Crippen MR) is 150 cm³/mol. The lowest BCUT2D eigenvalue weighted by molar-refractivity contribution is 0.543. The van der Waals surface area contributed by atoms with Crippen molar-refractivity contribution in [2.24, 2.45) is 0 Å². The molecular weight excluding hydrogens is 388 g/mol. The van der Waals surface area contributed by atoms with Gasteiger partial charge in [-0.15, -0.1) is 0 Å². The van der Waals surface area contributed by atoms with Gasteiger partial charge in [0.1, 0.15) is 0 Å². The second kappa shape index (κ2) is 35.5. The zero-order valence-electron chi connectivity index (χ0n) is 23.4. The van der Waals surface area contributed by atoms with Crippen LogP contribution in [0.15, 0.2) is 0 Å². The highest BCUT2D eigenvalue weighted by Gasteiger charge is 1.93. The van der Waals surface area contributed by atoms with Crippen molar-refractivity contribution in [2.75, 3.05) is 26.2 Å². The topological polar surface area (TPSA) is 24.1 Å². The smallest absolute Gasteiger partial charge is 0.00489 e. The van der Waals surface area contributed by atoms with E-state index in [1.54, 1.807) is 0 Å². The van der Waals surface area contributed by atoms with E-state index in [2.05, 4.69) is 38.3 Å². The number of rotatable bonds is 26. The molecule has 0 saturated heterocycles. The predicted octanol–water partition coefficient (Wildman–Crippen LogP) is 9.81. The van der Waals surface area contributed by atoms with Gasteiger partial charge in [0, 0.05) is 0 Å². The average molecular weight is 455 g/mol. The summed E-state index contributed by atoms with van der Waals surface area (Å²) in [6, 6.07) is 0. The van der Waals surface area contributed by atoms with Crippen molar-refractivity contribution in [1.29, 1.82) is 0 Å². The van der Waals surface area contributed by atoms with Crippen molar-refractivity contribution in [1.82, 2.24) is 10.6 Å². The summed E-state index contributed by atoms with van der Waals surface area (Å²) in [6.45, 7) is 14.0. The first-order valence-corrected chi connectivity index (χ1v) is 15.2. The molecule has 0 aliphatic carbocycles. The van der Waals surface area contributed by atoms with Crippen LogP contribution in [0.4, 0.5) is 0 Å². The van der Waals surface area contributed by atoms with Crippen molar-refractivity contribution < 1.29 is 0 Å². The summed E-state index contributed by atoms with van der Waals surface area (Å²) in [5, 5.41) is 7.11. The van der Waals surface area contributed by atoms with Crippen LogP contribution >= 0.6 is 0 Å². The summed E-state index contributed by atoms with van der Waals surface area (Å²) < 4.78 is 0. The number of nitrogens with one attached hydrogen (secondary N) is 2. The minimum atomic E-state index is 1.23. The van der Waals surface area contributed by atoms with Gasteiger partial charge in [0.15, 0.2) is 0 Å². The Morgan fingerprint density at radius 2 is 0.438 bits per heavy atom. The Hall–Kier alpha value is -0.0800. The van der Waals surface area contributed by atoms with Gasteiger partial charge in [-0.1, -0.05) is 143 Å². The minimum Gasteiger partial charge on any atom is -0.317 e. The molecule has 0 aromatic carbocycles. The molecule has 0 radical (unpaired) electrons. The quantitative estimate of drug-likeness (QED) is 0.127. The highest BCUT2D eigenvalue weighted by Crippen LogP contribution is 2.06. The lowest BCUT2D eigenvalue weighted by Gasteiger charge is -2.04. The molecule has 2 heteroatoms. The van der Waals surface area contributed by atoms with Gasteiger partial charge in [-0.25, -0.2) is 0 Å². The fraction of sp³-hybridized carbons (Fsp3) is 1.00. The first-order valence-electron chi connectivity index (χ1n) is 15.2. The van der Waals surface area contributed by atoms with Gasteiger partial charge in [0.2, 0.25) is 0 Å². The van der Waals surface area contributed by atoms with Gasteiger partial charge < -0.3 is 10.6 Å². The molecule has 0 rings (SSSR count). The molecule has 0 saturated carbocycles. The van der Waals surface area contributed by atoms with Crippen molar-refractivity contribution >= 4 is 0 Å². The molecule has 0 unspecified atom stereocenters. The Morgan fingerprint density at radius 3 is 0.656 bits per heavy atom. The summed E-state index contributed by atoms with van der Waals surface area (Å²) in [5.74, 6) is 0. The molecule has 0 bridgehead atoms. The van der Waals surface area contributed by atoms with E-state index in [-0.39, 0.29) is 0 Å². The summed E-state index contributed by atoms with van der Waals surface area (Å²) in [7, 11) is 0. The fourth-order valence-corrected chi connectivity index (χ4v) is 4.02. The van der Waals surface area contributed by atoms with E-state index in [1.165, 1.54) is 167 Å². The van der Waals surface area contributed by atoms with Gasteiger partial charge >= 0.3 is 0 Å². The van der Waals surface area contributed by atoms with Crippen molar-refractivity contribution in [3.8, 4) is 0 Å². The first kappa shape index (κ1) is 34.1. The third kappa shape index (κ3) is 37.2. The van der Waals surface area contributed by atoms with E-state index >= 15 is 0 Å². The van der Waals surface area contributed by atoms with E-state index in [0.29, 0.717) is 0 Å². The van der Waals surface area contributed by atoms with Crippen LogP contribution in [0, 0.1) is 0 Å². The van der Waals surface area contributed by atoms with E-state index in [1.807, 2.05) is 0 Å². The molecule has 0 spiro atoms. The molecule has 0 aliphatic heterocycles. The zero-order valence-corrected chi connectivity index (χ0v) is 23.4. The largest absolute Gasteiger partial charge is 0.317 e. The van der Waals surface area contributed by atoms with Crippen molar-refractivity contribution in [2.45, 2.75) is 169 Å². The Morgan fingerprint density at radius 1 is 0.250 bits per heavy atom. The maximum atomic E-state index is 3.57. The molecule has 0 aliphatic rings. The van der Waals surface area contributed by atoms with Gasteiger partial charge in [-0.3, -0.25) is 0 Å². The molecule has 0 aromatic rings. The van der Waals surface area contributed by atoms with Crippen LogP contribution < -0.4 is 10.6 Å². The second-order valence-corrected chi connectivity index (χ2v) is 9.86. The van der Waals surface area contributed by atoms with E-state index in [4.69, 9.17) is 0 Å². The second-order valence-electron chi connectivity index (χ2n) is 9.86. The standard InChI is InChI=1S/C16H35N.C14H31N/c1-3-5-7-9-11-13-15-17-16-14-12-10-8-6-4-2;1-3-5-7-9-11-13-15-14-12-10-8-6-4-2/h17H,3-16H2,1-2H3;15H,3-14H2,1-2H3. The fourth-order valence-electron chi connectivity index (χ4n) is 4.02. The number of unbranched alkanes of at least 4 members (excludes halogenated alkanes) is 18. The number of hydrogen-bond acceptors (Lipinski definition) is 2. The zero-order chi connectivity index (χ0) is 23.8. The molecule has 196 valence electrons. The highest BCUT2D eigenvalue weighted by atomic mass is 14.8. The summed E-state index contributed by atoms with van der Waals surface area (Å²) in [5.41, 5.74) is 0. The van der Waals surface area contributed by atoms with E-state index < -0.39 is 0 Å². The Kier molecular flexibility index (Phi) is 37.8. The van der Waals surface area contributed by atoms with Crippen molar-refractivity contribution in [3.05, 3.63) is 0 Å². The third-order valence-corrected chi connectivity index (χ3v) is 6.33. The molecular formula is C30H66N2. The van der Waals surface area contributed by atoms with Crippen LogP contribution in [0.25, 0.3) is 0 Å². The van der Waals surface area contributed by atoms with E-state index in [0.717, 1.165) is 0 Å². The maximum absolute atomic E-state index is 3.57. The highest BCUT2D eigenvalue weighted by molar-refractivity contribution is 4.52. The summed E-state index contributed by atoms with van der Waals surface area (Å²) in [4.78, 5) is 0. The molecule has 0 aromatic heterocycles. The van der Waals surface area contributed by atoms with Crippen LogP contribution in [0.5, 0.6) is 0 Å². The SMILES string of the molecule is CCCCCCCCNCCCCCCCC.CCCCCCCNCCCCCCC. The van der Waals surface area contributed by atoms with Gasteiger partial charge in [-0.05, 0) is 51.9 Å². The normalized spacial score (nSPS) is 10.9. The molecule has 0 amide bonds. The number of hydrogen-bond donors (Lipinski definition) is 2. The average Bonchev–Trinajstić information content (AvgIpc) is 2.81. The van der Waals surface area contributed by atoms with Crippen molar-refractivity contribution in [3.63, 3.8) is 0 Å². The Labute approximate surface area is 205 Å². The third-order valence-electron chi connectivity index (χ3n) is 6.33. The van der Waals surface area contributed by atoms with Crippen LogP contribution in [-0.4, -0.2) is 26.2 Å². The van der Waals surface area contributed by atoms with Crippen LogP contribution in [-0.2, 0) is 0 Å². The molecule has 2 N–H and O–H groups in total. The Balaban J connectivity index is 0. The Bertz CT molecular complexity index is 254. The monoisotopic (exact) mass is 455 g/mol. The summed E-state index contributed by atoms with van der Waals surface area (Å²) in [6.07, 6.45) is 30.8. The van der Waals surface area contributed by atoms with Gasteiger partial charge in [-0.2, -0.15) is 0 Å². The summed E-state index contributed by atoms with van der Waals surface area (Å²) >= 11 is 0. The molecule has 2 nitrogen and oxygen atoms in total. The minimum absolute atomic E-state index is 1.23. The van der Waals surface area contributed by atoms with Gasteiger partial charge in [0.25, 0.3) is 0 Å². The van der Waals surface area contributed by atoms with E-state index in [9.17, 15) is 0 Å². The van der Waals surface area contributed by atoms with Gasteiger partial charge in [0.05, 0.1) is 0 Å². The lowest BCUT2D eigenvalue weighted by Crippen LogP contribution is -2.16.